The molecule has 0 aliphatic carbocycles. The SMILES string of the molecule is CCCCCC(O)CCCCCC(O)CCCCCCO. The van der Waals surface area contributed by atoms with E-state index in [1.165, 1.54) is 12.8 Å². The quantitative estimate of drug-likeness (QED) is 0.375. The zero-order chi connectivity index (χ0) is 15.8. The Labute approximate surface area is 131 Å². The maximum absolute atomic E-state index is 9.86. The van der Waals surface area contributed by atoms with E-state index >= 15 is 0 Å². The van der Waals surface area contributed by atoms with Gasteiger partial charge in [-0.3, -0.25) is 0 Å². The van der Waals surface area contributed by atoms with Crippen molar-refractivity contribution in [2.75, 3.05) is 6.61 Å². The van der Waals surface area contributed by atoms with Crippen molar-refractivity contribution in [1.82, 2.24) is 0 Å². The Hall–Kier alpha value is -0.120. The first-order valence-electron chi connectivity index (χ1n) is 9.17. The molecule has 0 aromatic rings. The number of aliphatic hydroxyl groups is 3. The fourth-order valence-corrected chi connectivity index (χ4v) is 2.70. The maximum atomic E-state index is 9.86. The number of aliphatic hydroxyl groups excluding tert-OH is 3. The normalized spacial score (nSPS) is 14.3. The van der Waals surface area contributed by atoms with E-state index in [9.17, 15) is 10.2 Å². The molecule has 0 saturated carbocycles. The molecule has 0 bridgehead atoms. The van der Waals surface area contributed by atoms with Crippen LogP contribution in [0, 0.1) is 0 Å². The molecule has 2 unspecified atom stereocenters. The van der Waals surface area contributed by atoms with Crippen LogP contribution in [0.2, 0.25) is 0 Å². The van der Waals surface area contributed by atoms with Crippen molar-refractivity contribution in [3.8, 4) is 0 Å². The van der Waals surface area contributed by atoms with Gasteiger partial charge < -0.3 is 15.3 Å². The number of rotatable bonds is 16. The molecule has 0 amide bonds. The van der Waals surface area contributed by atoms with Crippen molar-refractivity contribution < 1.29 is 15.3 Å². The first kappa shape index (κ1) is 20.9. The second-order valence-electron chi connectivity index (χ2n) is 6.37. The molecule has 0 aromatic carbocycles. The van der Waals surface area contributed by atoms with Gasteiger partial charge >= 0.3 is 0 Å². The number of hydrogen-bond donors (Lipinski definition) is 3. The molecule has 0 aromatic heterocycles. The van der Waals surface area contributed by atoms with Gasteiger partial charge in [0.25, 0.3) is 0 Å². The minimum absolute atomic E-state index is 0.118. The largest absolute Gasteiger partial charge is 0.396 e. The summed E-state index contributed by atoms with van der Waals surface area (Å²) in [5, 5.41) is 28.3. The zero-order valence-electron chi connectivity index (χ0n) is 14.1. The Morgan fingerprint density at radius 3 is 1.38 bits per heavy atom. The molecule has 3 N–H and O–H groups in total. The smallest absolute Gasteiger partial charge is 0.0540 e. The van der Waals surface area contributed by atoms with Crippen molar-refractivity contribution in [2.45, 2.75) is 109 Å². The van der Waals surface area contributed by atoms with Gasteiger partial charge in [0.05, 0.1) is 12.2 Å². The van der Waals surface area contributed by atoms with Crippen molar-refractivity contribution in [3.63, 3.8) is 0 Å². The summed E-state index contributed by atoms with van der Waals surface area (Å²) in [5.74, 6) is 0. The fourth-order valence-electron chi connectivity index (χ4n) is 2.70. The average Bonchev–Trinajstić information content (AvgIpc) is 2.47. The summed E-state index contributed by atoms with van der Waals surface area (Å²) in [5.41, 5.74) is 0. The van der Waals surface area contributed by atoms with Crippen molar-refractivity contribution in [1.29, 1.82) is 0 Å². The molecular formula is C18H38O3. The van der Waals surface area contributed by atoms with E-state index in [1.54, 1.807) is 0 Å². The van der Waals surface area contributed by atoms with Crippen LogP contribution in [0.25, 0.3) is 0 Å². The van der Waals surface area contributed by atoms with Crippen LogP contribution < -0.4 is 0 Å². The van der Waals surface area contributed by atoms with E-state index in [2.05, 4.69) is 6.92 Å². The van der Waals surface area contributed by atoms with Gasteiger partial charge in [-0.15, -0.1) is 0 Å². The Morgan fingerprint density at radius 2 is 0.952 bits per heavy atom. The first-order valence-corrected chi connectivity index (χ1v) is 9.17. The summed E-state index contributed by atoms with van der Waals surface area (Å²) < 4.78 is 0. The van der Waals surface area contributed by atoms with Crippen LogP contribution in [0.3, 0.4) is 0 Å². The fraction of sp³-hybridized carbons (Fsp3) is 1.00. The monoisotopic (exact) mass is 302 g/mol. The molecule has 0 heterocycles. The summed E-state index contributed by atoms with van der Waals surface area (Å²) in [4.78, 5) is 0. The van der Waals surface area contributed by atoms with Gasteiger partial charge in [0.1, 0.15) is 0 Å². The molecule has 0 radical (unpaired) electrons. The zero-order valence-corrected chi connectivity index (χ0v) is 14.1. The second-order valence-corrected chi connectivity index (χ2v) is 6.37. The van der Waals surface area contributed by atoms with E-state index in [-0.39, 0.29) is 18.8 Å². The van der Waals surface area contributed by atoms with Crippen LogP contribution in [-0.2, 0) is 0 Å². The Balaban J connectivity index is 3.25. The van der Waals surface area contributed by atoms with E-state index in [0.29, 0.717) is 0 Å². The molecule has 0 spiro atoms. The summed E-state index contributed by atoms with van der Waals surface area (Å²) in [7, 11) is 0. The van der Waals surface area contributed by atoms with Gasteiger partial charge in [0, 0.05) is 6.61 Å². The average molecular weight is 302 g/mol. The molecule has 128 valence electrons. The Bertz CT molecular complexity index is 197. The predicted molar refractivity (Wildman–Crippen MR) is 89.4 cm³/mol. The summed E-state index contributed by atoms with van der Waals surface area (Å²) in [6.07, 6.45) is 14.4. The van der Waals surface area contributed by atoms with Crippen molar-refractivity contribution in [3.05, 3.63) is 0 Å². The third kappa shape index (κ3) is 16.1. The Morgan fingerprint density at radius 1 is 0.571 bits per heavy atom. The summed E-state index contributed by atoms with van der Waals surface area (Å²) >= 11 is 0. The molecule has 0 saturated heterocycles. The Kier molecular flexibility index (Phi) is 16.2. The number of hydrogen-bond acceptors (Lipinski definition) is 3. The highest BCUT2D eigenvalue weighted by atomic mass is 16.3. The van der Waals surface area contributed by atoms with Gasteiger partial charge in [-0.25, -0.2) is 0 Å². The standard InChI is InChI=1S/C18H38O3/c1-2-3-7-12-17(20)14-9-6-10-15-18(21)13-8-4-5-11-16-19/h17-21H,2-16H2,1H3. The predicted octanol–water partition coefficient (Wildman–Crippen LogP) is 4.18. The van der Waals surface area contributed by atoms with Crippen LogP contribution >= 0.6 is 0 Å². The van der Waals surface area contributed by atoms with Gasteiger partial charge in [0.2, 0.25) is 0 Å². The lowest BCUT2D eigenvalue weighted by molar-refractivity contribution is 0.139. The molecule has 3 heteroatoms. The summed E-state index contributed by atoms with van der Waals surface area (Å²) in [6, 6.07) is 0. The van der Waals surface area contributed by atoms with Crippen LogP contribution in [-0.4, -0.2) is 34.1 Å². The van der Waals surface area contributed by atoms with Crippen LogP contribution in [0.1, 0.15) is 96.8 Å². The molecule has 2 atom stereocenters. The third-order valence-electron chi connectivity index (χ3n) is 4.16. The molecule has 21 heavy (non-hydrogen) atoms. The molecular weight excluding hydrogens is 264 g/mol. The lowest BCUT2D eigenvalue weighted by Crippen LogP contribution is -2.07. The van der Waals surface area contributed by atoms with E-state index in [1.807, 2.05) is 0 Å². The van der Waals surface area contributed by atoms with Crippen LogP contribution in [0.15, 0.2) is 0 Å². The molecule has 3 nitrogen and oxygen atoms in total. The number of unbranched alkanes of at least 4 members (excludes halogenated alkanes) is 7. The van der Waals surface area contributed by atoms with E-state index in [4.69, 9.17) is 5.11 Å². The molecule has 0 aliphatic heterocycles. The van der Waals surface area contributed by atoms with Crippen LogP contribution in [0.5, 0.6) is 0 Å². The second kappa shape index (κ2) is 16.3. The van der Waals surface area contributed by atoms with Gasteiger partial charge in [0.15, 0.2) is 0 Å². The highest BCUT2D eigenvalue weighted by Gasteiger charge is 2.06. The molecule has 0 rings (SSSR count). The van der Waals surface area contributed by atoms with E-state index in [0.717, 1.165) is 77.0 Å². The first-order chi connectivity index (χ1) is 10.2. The maximum Gasteiger partial charge on any atom is 0.0540 e. The van der Waals surface area contributed by atoms with Gasteiger partial charge in [-0.2, -0.15) is 0 Å². The van der Waals surface area contributed by atoms with Crippen LogP contribution in [0.4, 0.5) is 0 Å². The van der Waals surface area contributed by atoms with Gasteiger partial charge in [-0.1, -0.05) is 64.7 Å². The topological polar surface area (TPSA) is 60.7 Å². The minimum Gasteiger partial charge on any atom is -0.396 e. The van der Waals surface area contributed by atoms with Gasteiger partial charge in [-0.05, 0) is 32.1 Å². The van der Waals surface area contributed by atoms with Crippen molar-refractivity contribution in [2.24, 2.45) is 0 Å². The molecule has 0 aliphatic rings. The lowest BCUT2D eigenvalue weighted by atomic mass is 10.0. The highest BCUT2D eigenvalue weighted by Crippen LogP contribution is 2.14. The summed E-state index contributed by atoms with van der Waals surface area (Å²) in [6.45, 7) is 2.47. The third-order valence-corrected chi connectivity index (χ3v) is 4.16. The highest BCUT2D eigenvalue weighted by molar-refractivity contribution is 4.60. The minimum atomic E-state index is -0.159. The van der Waals surface area contributed by atoms with E-state index < -0.39 is 0 Å². The molecule has 0 fully saturated rings. The van der Waals surface area contributed by atoms with Crippen molar-refractivity contribution >= 4 is 0 Å². The lowest BCUT2D eigenvalue weighted by Gasteiger charge is -2.12.